The maximum atomic E-state index is 12.4. The molecular weight excluding hydrogens is 358 g/mol. The van der Waals surface area contributed by atoms with Gasteiger partial charge in [0.1, 0.15) is 0 Å². The molecule has 0 aromatic carbocycles. The second kappa shape index (κ2) is 6.16. The van der Waals surface area contributed by atoms with Gasteiger partial charge in [-0.05, 0) is 6.07 Å². The number of urea groups is 1. The Morgan fingerprint density at radius 1 is 1.27 bits per heavy atom. The molecule has 0 aliphatic carbocycles. The van der Waals surface area contributed by atoms with Crippen molar-refractivity contribution in [3.8, 4) is 0 Å². The number of fused-ring (bicyclic) bond motifs is 2. The number of piperazine rings is 1. The summed E-state index contributed by atoms with van der Waals surface area (Å²) in [7, 11) is 0.179. The number of amides is 2. The Labute approximate surface area is 151 Å². The summed E-state index contributed by atoms with van der Waals surface area (Å²) < 4.78 is 26.1. The third-order valence-corrected chi connectivity index (χ3v) is 6.62. The average Bonchev–Trinajstić information content (AvgIpc) is 3.13. The number of hydrogen-bond acceptors (Lipinski definition) is 7. The van der Waals surface area contributed by atoms with Crippen LogP contribution in [0.2, 0.25) is 0 Å². The number of carbonyl (C=O) groups is 1. The maximum absolute atomic E-state index is 12.4. The highest BCUT2D eigenvalue weighted by atomic mass is 32.2. The number of hydrogen-bond donors (Lipinski definition) is 0. The molecule has 26 heavy (non-hydrogen) atoms. The number of carbonyl (C=O) groups excluding carboxylic acids is 1. The summed E-state index contributed by atoms with van der Waals surface area (Å²) in [5.41, 5.74) is 0. The smallest absolute Gasteiger partial charge is 0.319 e. The van der Waals surface area contributed by atoms with Crippen molar-refractivity contribution in [1.29, 1.82) is 0 Å². The van der Waals surface area contributed by atoms with Gasteiger partial charge in [-0.25, -0.2) is 22.7 Å². The first-order valence-electron chi connectivity index (χ1n) is 8.43. The highest BCUT2D eigenvalue weighted by Gasteiger charge is 2.48. The largest absolute Gasteiger partial charge is 0.331 e. The lowest BCUT2D eigenvalue weighted by Gasteiger charge is -2.44. The molecule has 10 nitrogen and oxygen atoms in total. The lowest BCUT2D eigenvalue weighted by atomic mass is 10.1. The standard InChI is InChI=1S/C15H21N7O3S/c1-19(2)15(23)21-7-6-20(11-9-26(24,25)10-12(11)21)8-13-17-14-16-4-3-5-22(14)18-13/h3-5,11-12H,6-10H2,1-2H3/t11-,12+/m1/s1. The van der Waals surface area contributed by atoms with Crippen molar-refractivity contribution >= 4 is 21.6 Å². The van der Waals surface area contributed by atoms with Gasteiger partial charge < -0.3 is 9.80 Å². The predicted octanol–water partition coefficient (Wildman–Crippen LogP) is -0.911. The summed E-state index contributed by atoms with van der Waals surface area (Å²) in [4.78, 5) is 26.2. The summed E-state index contributed by atoms with van der Waals surface area (Å²) in [6, 6.07) is 1.05. The third-order valence-electron chi connectivity index (χ3n) is 4.92. The Hall–Kier alpha value is -2.27. The van der Waals surface area contributed by atoms with Crippen molar-refractivity contribution in [3.63, 3.8) is 0 Å². The number of aromatic nitrogens is 4. The highest BCUT2D eigenvalue weighted by molar-refractivity contribution is 7.91. The van der Waals surface area contributed by atoms with Crippen LogP contribution in [0.1, 0.15) is 5.82 Å². The van der Waals surface area contributed by atoms with E-state index in [2.05, 4.69) is 20.0 Å². The van der Waals surface area contributed by atoms with Crippen LogP contribution in [0.5, 0.6) is 0 Å². The molecule has 2 saturated heterocycles. The minimum absolute atomic E-state index is 0.00783. The summed E-state index contributed by atoms with van der Waals surface area (Å²) in [5, 5.41) is 4.40. The molecule has 2 atom stereocenters. The maximum Gasteiger partial charge on any atom is 0.319 e. The Balaban J connectivity index is 1.59. The van der Waals surface area contributed by atoms with Crippen LogP contribution in [0.4, 0.5) is 4.79 Å². The van der Waals surface area contributed by atoms with Crippen molar-refractivity contribution < 1.29 is 13.2 Å². The number of nitrogens with zero attached hydrogens (tertiary/aromatic N) is 7. The topological polar surface area (TPSA) is 104 Å². The van der Waals surface area contributed by atoms with E-state index in [0.29, 0.717) is 31.2 Å². The molecule has 11 heteroatoms. The van der Waals surface area contributed by atoms with Gasteiger partial charge in [0.25, 0.3) is 5.78 Å². The molecule has 4 heterocycles. The van der Waals surface area contributed by atoms with E-state index in [9.17, 15) is 13.2 Å². The van der Waals surface area contributed by atoms with Gasteiger partial charge in [-0.2, -0.15) is 4.98 Å². The fourth-order valence-electron chi connectivity index (χ4n) is 3.74. The van der Waals surface area contributed by atoms with E-state index in [4.69, 9.17) is 0 Å². The zero-order chi connectivity index (χ0) is 18.5. The van der Waals surface area contributed by atoms with Gasteiger partial charge in [0.15, 0.2) is 15.7 Å². The van der Waals surface area contributed by atoms with Crippen molar-refractivity contribution in [2.45, 2.75) is 18.6 Å². The summed E-state index contributed by atoms with van der Waals surface area (Å²) >= 11 is 0. The van der Waals surface area contributed by atoms with Crippen LogP contribution in [0.15, 0.2) is 18.5 Å². The molecule has 0 N–H and O–H groups in total. The Morgan fingerprint density at radius 3 is 2.77 bits per heavy atom. The molecule has 0 radical (unpaired) electrons. The minimum Gasteiger partial charge on any atom is -0.331 e. The number of rotatable bonds is 2. The lowest BCUT2D eigenvalue weighted by molar-refractivity contribution is 0.0506. The summed E-state index contributed by atoms with van der Waals surface area (Å²) in [6.07, 6.45) is 3.42. The van der Waals surface area contributed by atoms with E-state index in [1.54, 1.807) is 42.0 Å². The molecule has 2 aliphatic rings. The average molecular weight is 379 g/mol. The van der Waals surface area contributed by atoms with E-state index in [-0.39, 0.29) is 29.6 Å². The zero-order valence-electron chi connectivity index (χ0n) is 14.7. The van der Waals surface area contributed by atoms with Gasteiger partial charge in [-0.1, -0.05) is 0 Å². The van der Waals surface area contributed by atoms with Gasteiger partial charge >= 0.3 is 6.03 Å². The molecule has 2 amide bonds. The molecule has 2 aromatic rings. The predicted molar refractivity (Wildman–Crippen MR) is 93.2 cm³/mol. The number of sulfone groups is 1. The molecule has 0 bridgehead atoms. The van der Waals surface area contributed by atoms with Gasteiger partial charge in [-0.15, -0.1) is 5.10 Å². The van der Waals surface area contributed by atoms with Crippen LogP contribution < -0.4 is 0 Å². The van der Waals surface area contributed by atoms with Gasteiger partial charge in [0, 0.05) is 45.6 Å². The Morgan fingerprint density at radius 2 is 2.04 bits per heavy atom. The Bertz CT molecular complexity index is 909. The first-order chi connectivity index (χ1) is 12.3. The van der Waals surface area contributed by atoms with Gasteiger partial charge in [0.2, 0.25) is 0 Å². The molecule has 0 spiro atoms. The highest BCUT2D eigenvalue weighted by Crippen LogP contribution is 2.28. The van der Waals surface area contributed by atoms with Crippen LogP contribution in [0, 0.1) is 0 Å². The van der Waals surface area contributed by atoms with Crippen LogP contribution in [0.3, 0.4) is 0 Å². The fraction of sp³-hybridized carbons (Fsp3) is 0.600. The van der Waals surface area contributed by atoms with Gasteiger partial charge in [0.05, 0.1) is 24.1 Å². The van der Waals surface area contributed by atoms with Crippen LogP contribution >= 0.6 is 0 Å². The van der Waals surface area contributed by atoms with Crippen molar-refractivity contribution in [2.24, 2.45) is 0 Å². The van der Waals surface area contributed by atoms with E-state index in [0.717, 1.165) is 0 Å². The SMILES string of the molecule is CN(C)C(=O)N1CCN(Cc2nc3ncccn3n2)[C@@H]2CS(=O)(=O)C[C@@H]21. The summed E-state index contributed by atoms with van der Waals surface area (Å²) in [5.74, 6) is 1.17. The fourth-order valence-corrected chi connectivity index (χ4v) is 5.75. The monoisotopic (exact) mass is 379 g/mol. The quantitative estimate of drug-likeness (QED) is 0.665. The molecule has 0 saturated carbocycles. The zero-order valence-corrected chi connectivity index (χ0v) is 15.5. The van der Waals surface area contributed by atoms with Crippen LogP contribution in [-0.4, -0.2) is 99.5 Å². The third kappa shape index (κ3) is 3.01. The first-order valence-corrected chi connectivity index (χ1v) is 10.2. The molecular formula is C15H21N7O3S. The van der Waals surface area contributed by atoms with E-state index >= 15 is 0 Å². The van der Waals surface area contributed by atoms with E-state index in [1.807, 2.05) is 0 Å². The molecule has 140 valence electrons. The second-order valence-electron chi connectivity index (χ2n) is 6.94. The van der Waals surface area contributed by atoms with E-state index < -0.39 is 9.84 Å². The molecule has 2 aromatic heterocycles. The minimum atomic E-state index is -3.18. The molecule has 2 aliphatic heterocycles. The van der Waals surface area contributed by atoms with Crippen LogP contribution in [-0.2, 0) is 16.4 Å². The van der Waals surface area contributed by atoms with Gasteiger partial charge in [-0.3, -0.25) is 4.90 Å². The molecule has 2 fully saturated rings. The lowest BCUT2D eigenvalue weighted by Crippen LogP contribution is -2.61. The molecule has 0 unspecified atom stereocenters. The van der Waals surface area contributed by atoms with Crippen molar-refractivity contribution in [1.82, 2.24) is 34.3 Å². The first kappa shape index (κ1) is 17.2. The summed E-state index contributed by atoms with van der Waals surface area (Å²) in [6.45, 7) is 1.50. The molecule has 4 rings (SSSR count). The van der Waals surface area contributed by atoms with Crippen molar-refractivity contribution in [2.75, 3.05) is 38.7 Å². The Kier molecular flexibility index (Phi) is 4.07. The van der Waals surface area contributed by atoms with Crippen LogP contribution in [0.25, 0.3) is 5.78 Å². The van der Waals surface area contributed by atoms with Crippen molar-refractivity contribution in [3.05, 3.63) is 24.3 Å². The van der Waals surface area contributed by atoms with E-state index in [1.165, 1.54) is 4.90 Å². The second-order valence-corrected chi connectivity index (χ2v) is 9.10. The normalized spacial score (nSPS) is 25.4.